The highest BCUT2D eigenvalue weighted by Gasteiger charge is 2.16. The van der Waals surface area contributed by atoms with Crippen molar-refractivity contribution in [3.8, 4) is 0 Å². The third-order valence-electron chi connectivity index (χ3n) is 2.38. The molecule has 5 nitrogen and oxygen atoms in total. The molecule has 0 aliphatic heterocycles. The zero-order valence-corrected chi connectivity index (χ0v) is 12.6. The largest absolute Gasteiger partial charge is 0.464 e. The van der Waals surface area contributed by atoms with Gasteiger partial charge in [0.2, 0.25) is 0 Å². The molecule has 0 spiro atoms. The number of aromatic nitrogens is 1. The standard InChI is InChI=1S/C11H18N2O3S2/c1-7(5-6-18(4)15)12-11-13-9(8(2)17-11)10(14)16-3/h7H,5-6H2,1-4H3,(H,12,13). The molecular formula is C11H18N2O3S2. The summed E-state index contributed by atoms with van der Waals surface area (Å²) >= 11 is 1.42. The van der Waals surface area contributed by atoms with Crippen LogP contribution in [0.4, 0.5) is 5.13 Å². The van der Waals surface area contributed by atoms with Crippen LogP contribution in [0.15, 0.2) is 0 Å². The number of anilines is 1. The predicted molar refractivity (Wildman–Crippen MR) is 74.8 cm³/mol. The fourth-order valence-electron chi connectivity index (χ4n) is 1.37. The minimum absolute atomic E-state index is 0.171. The Morgan fingerprint density at radius 1 is 1.61 bits per heavy atom. The minimum Gasteiger partial charge on any atom is -0.464 e. The molecule has 0 aliphatic carbocycles. The Kier molecular flexibility index (Phi) is 5.74. The summed E-state index contributed by atoms with van der Waals surface area (Å²) in [6, 6.07) is 0.171. The molecule has 0 fully saturated rings. The number of nitrogens with one attached hydrogen (secondary N) is 1. The summed E-state index contributed by atoms with van der Waals surface area (Å²) in [5.74, 6) is 0.238. The molecule has 0 radical (unpaired) electrons. The first-order valence-corrected chi connectivity index (χ1v) is 8.10. The summed E-state index contributed by atoms with van der Waals surface area (Å²) < 4.78 is 15.6. The topological polar surface area (TPSA) is 68.3 Å². The van der Waals surface area contributed by atoms with E-state index >= 15 is 0 Å². The summed E-state index contributed by atoms with van der Waals surface area (Å²) in [4.78, 5) is 16.4. The normalized spacial score (nSPS) is 14.0. The summed E-state index contributed by atoms with van der Waals surface area (Å²) in [7, 11) is 0.557. The highest BCUT2D eigenvalue weighted by atomic mass is 32.2. The minimum atomic E-state index is -0.783. The van der Waals surface area contributed by atoms with Crippen molar-refractivity contribution in [2.24, 2.45) is 0 Å². The predicted octanol–water partition coefficient (Wildman–Crippen LogP) is 1.81. The lowest BCUT2D eigenvalue weighted by Crippen LogP contribution is -2.17. The van der Waals surface area contributed by atoms with Gasteiger partial charge in [-0.3, -0.25) is 4.21 Å². The Morgan fingerprint density at radius 2 is 2.28 bits per heavy atom. The number of nitrogens with zero attached hydrogens (tertiary/aromatic N) is 1. The van der Waals surface area contributed by atoms with Crippen molar-refractivity contribution in [2.45, 2.75) is 26.3 Å². The Hall–Kier alpha value is -0.950. The molecule has 1 N–H and O–H groups in total. The van der Waals surface area contributed by atoms with Crippen LogP contribution in [0, 0.1) is 6.92 Å². The van der Waals surface area contributed by atoms with Crippen LogP contribution in [-0.2, 0) is 15.5 Å². The fraction of sp³-hybridized carbons (Fsp3) is 0.636. The Labute approximate surface area is 113 Å². The fourth-order valence-corrected chi connectivity index (χ4v) is 2.97. The van der Waals surface area contributed by atoms with Gasteiger partial charge in [0.25, 0.3) is 0 Å². The van der Waals surface area contributed by atoms with Crippen molar-refractivity contribution in [3.63, 3.8) is 0 Å². The Balaban J connectivity index is 2.62. The van der Waals surface area contributed by atoms with Gasteiger partial charge in [0.1, 0.15) is 0 Å². The number of rotatable bonds is 6. The second kappa shape index (κ2) is 6.84. The number of aryl methyl sites for hydroxylation is 1. The van der Waals surface area contributed by atoms with E-state index in [1.807, 2.05) is 13.8 Å². The van der Waals surface area contributed by atoms with E-state index in [1.54, 1.807) is 6.26 Å². The van der Waals surface area contributed by atoms with Crippen LogP contribution >= 0.6 is 11.3 Å². The SMILES string of the molecule is COC(=O)c1nc(NC(C)CCS(C)=O)sc1C. The third-order valence-corrected chi connectivity index (χ3v) is 4.10. The number of hydrogen-bond donors (Lipinski definition) is 1. The molecule has 1 aromatic rings. The maximum absolute atomic E-state index is 11.4. The number of hydrogen-bond acceptors (Lipinski definition) is 6. The molecule has 102 valence electrons. The molecule has 0 saturated carbocycles. The lowest BCUT2D eigenvalue weighted by molar-refractivity contribution is 0.0594. The Morgan fingerprint density at radius 3 is 2.83 bits per heavy atom. The van der Waals surface area contributed by atoms with Crippen molar-refractivity contribution >= 4 is 33.2 Å². The van der Waals surface area contributed by atoms with E-state index in [0.29, 0.717) is 16.6 Å². The van der Waals surface area contributed by atoms with Gasteiger partial charge < -0.3 is 10.1 Å². The first kappa shape index (κ1) is 15.1. The van der Waals surface area contributed by atoms with Crippen molar-refractivity contribution in [3.05, 3.63) is 10.6 Å². The summed E-state index contributed by atoms with van der Waals surface area (Å²) in [5.41, 5.74) is 0.358. The van der Waals surface area contributed by atoms with E-state index in [-0.39, 0.29) is 6.04 Å². The molecule has 18 heavy (non-hydrogen) atoms. The number of carbonyl (C=O) groups excluding carboxylic acids is 1. The quantitative estimate of drug-likeness (QED) is 0.809. The number of esters is 1. The maximum atomic E-state index is 11.4. The second-order valence-electron chi connectivity index (χ2n) is 4.03. The average molecular weight is 290 g/mol. The molecular weight excluding hydrogens is 272 g/mol. The molecule has 0 aliphatic rings. The number of ether oxygens (including phenoxy) is 1. The van der Waals surface area contributed by atoms with Gasteiger partial charge in [0.15, 0.2) is 10.8 Å². The molecule has 0 saturated heterocycles. The second-order valence-corrected chi connectivity index (χ2v) is 6.78. The third kappa shape index (κ3) is 4.38. The van der Waals surface area contributed by atoms with E-state index in [2.05, 4.69) is 15.0 Å². The smallest absolute Gasteiger partial charge is 0.357 e. The molecule has 0 bridgehead atoms. The first-order valence-electron chi connectivity index (χ1n) is 5.56. The van der Waals surface area contributed by atoms with Crippen LogP contribution < -0.4 is 5.32 Å². The lowest BCUT2D eigenvalue weighted by atomic mass is 10.3. The van der Waals surface area contributed by atoms with E-state index in [4.69, 9.17) is 0 Å². The van der Waals surface area contributed by atoms with E-state index in [1.165, 1.54) is 18.4 Å². The van der Waals surface area contributed by atoms with Gasteiger partial charge in [-0.2, -0.15) is 0 Å². The first-order chi connectivity index (χ1) is 8.43. The monoisotopic (exact) mass is 290 g/mol. The van der Waals surface area contributed by atoms with Crippen molar-refractivity contribution in [2.75, 3.05) is 24.4 Å². The Bertz CT molecular complexity index is 445. The van der Waals surface area contributed by atoms with Crippen LogP contribution in [0.2, 0.25) is 0 Å². The molecule has 0 amide bonds. The van der Waals surface area contributed by atoms with E-state index in [9.17, 15) is 9.00 Å². The van der Waals surface area contributed by atoms with Crippen LogP contribution in [0.3, 0.4) is 0 Å². The number of methoxy groups -OCH3 is 1. The zero-order chi connectivity index (χ0) is 13.7. The van der Waals surface area contributed by atoms with Gasteiger partial charge in [-0.1, -0.05) is 0 Å². The van der Waals surface area contributed by atoms with Gasteiger partial charge in [-0.15, -0.1) is 11.3 Å². The van der Waals surface area contributed by atoms with Gasteiger partial charge >= 0.3 is 5.97 Å². The van der Waals surface area contributed by atoms with Crippen molar-refractivity contribution in [1.82, 2.24) is 4.98 Å². The number of carbonyl (C=O) groups is 1. The van der Waals surface area contributed by atoms with Crippen LogP contribution in [-0.4, -0.2) is 40.3 Å². The summed E-state index contributed by atoms with van der Waals surface area (Å²) in [6.45, 7) is 3.84. The zero-order valence-electron chi connectivity index (χ0n) is 11.0. The molecule has 7 heteroatoms. The molecule has 1 aromatic heterocycles. The summed E-state index contributed by atoms with van der Waals surface area (Å²) in [6.07, 6.45) is 2.49. The van der Waals surface area contributed by atoms with E-state index in [0.717, 1.165) is 11.3 Å². The summed E-state index contributed by atoms with van der Waals surface area (Å²) in [5, 5.41) is 3.90. The molecule has 1 rings (SSSR count). The van der Waals surface area contributed by atoms with Gasteiger partial charge in [0.05, 0.1) is 7.11 Å². The molecule has 2 unspecified atom stereocenters. The van der Waals surface area contributed by atoms with Gasteiger partial charge in [-0.05, 0) is 20.3 Å². The molecule has 1 heterocycles. The van der Waals surface area contributed by atoms with Crippen LogP contribution in [0.25, 0.3) is 0 Å². The van der Waals surface area contributed by atoms with Crippen LogP contribution in [0.5, 0.6) is 0 Å². The van der Waals surface area contributed by atoms with Crippen molar-refractivity contribution < 1.29 is 13.7 Å². The highest BCUT2D eigenvalue weighted by molar-refractivity contribution is 7.84. The highest BCUT2D eigenvalue weighted by Crippen LogP contribution is 2.23. The van der Waals surface area contributed by atoms with Gasteiger partial charge in [0, 0.05) is 33.7 Å². The molecule has 0 aromatic carbocycles. The van der Waals surface area contributed by atoms with Crippen LogP contribution in [0.1, 0.15) is 28.7 Å². The van der Waals surface area contributed by atoms with Gasteiger partial charge in [-0.25, -0.2) is 9.78 Å². The lowest BCUT2D eigenvalue weighted by Gasteiger charge is -2.11. The van der Waals surface area contributed by atoms with E-state index < -0.39 is 16.8 Å². The number of thiazole rings is 1. The average Bonchev–Trinajstić information content (AvgIpc) is 2.66. The van der Waals surface area contributed by atoms with Crippen molar-refractivity contribution in [1.29, 1.82) is 0 Å². The maximum Gasteiger partial charge on any atom is 0.357 e. The molecule has 2 atom stereocenters.